The normalized spacial score (nSPS) is 14.3. The van der Waals surface area contributed by atoms with Crippen LogP contribution in [0.3, 0.4) is 0 Å². The lowest BCUT2D eigenvalue weighted by atomic mass is 10.1. The summed E-state index contributed by atoms with van der Waals surface area (Å²) in [5.74, 6) is -11.6. The lowest BCUT2D eigenvalue weighted by molar-refractivity contribution is -0.207. The van der Waals surface area contributed by atoms with E-state index in [1.54, 1.807) is 0 Å². The fourth-order valence-electron chi connectivity index (χ4n) is 2.94. The van der Waals surface area contributed by atoms with Crippen LogP contribution in [0, 0.1) is 0 Å². The molecule has 0 heterocycles. The number of rotatable bonds is 21. The Balaban J connectivity index is 7.03. The Morgan fingerprint density at radius 2 is 0.921 bits per heavy atom. The van der Waals surface area contributed by atoms with Crippen LogP contribution in [0.25, 0.3) is 0 Å². The Morgan fingerprint density at radius 3 is 1.29 bits per heavy atom. The first-order valence-corrected chi connectivity index (χ1v) is 10.6. The van der Waals surface area contributed by atoms with Gasteiger partial charge in [-0.2, -0.15) is 0 Å². The number of amides is 4. The van der Waals surface area contributed by atoms with Crippen molar-refractivity contribution in [2.45, 2.75) is 62.7 Å². The first kappa shape index (κ1) is 33.6. The highest BCUT2D eigenvalue weighted by atomic mass is 16.4. The monoisotopic (exact) mass is 550 g/mol. The Hall–Kier alpha value is -4.40. The van der Waals surface area contributed by atoms with Crippen LogP contribution in [0.15, 0.2) is 0 Å². The minimum Gasteiger partial charge on any atom is -0.480 e. The molecule has 38 heavy (non-hydrogen) atoms. The molecule has 4 atom stereocenters. The summed E-state index contributed by atoms with van der Waals surface area (Å²) in [7, 11) is 0. The average molecular weight is 550 g/mol. The van der Waals surface area contributed by atoms with Crippen LogP contribution < -0.4 is 33.8 Å². The van der Waals surface area contributed by atoms with Crippen LogP contribution in [-0.4, -0.2) is 102 Å². The van der Waals surface area contributed by atoms with Gasteiger partial charge >= 0.3 is 23.9 Å². The van der Waals surface area contributed by atoms with Crippen molar-refractivity contribution in [1.82, 2.24) is 21.1 Å². The summed E-state index contributed by atoms with van der Waals surface area (Å²) in [5, 5.41) is 39.2. The molecule has 0 aromatic carbocycles. The van der Waals surface area contributed by atoms with Gasteiger partial charge in [0.2, 0.25) is 23.6 Å². The van der Waals surface area contributed by atoms with Gasteiger partial charge in [0.25, 0.3) is 0 Å². The Labute approximate surface area is 213 Å². The van der Waals surface area contributed by atoms with E-state index in [1.165, 1.54) is 0 Å². The first-order valence-electron chi connectivity index (χ1n) is 10.6. The number of aliphatic carboxylic acids is 4. The molecule has 0 fully saturated rings. The van der Waals surface area contributed by atoms with E-state index in [-0.39, 0.29) is 5.12 Å². The van der Waals surface area contributed by atoms with Gasteiger partial charge in [0.1, 0.15) is 24.2 Å². The highest BCUT2D eigenvalue weighted by molar-refractivity contribution is 5.85. The molecule has 214 valence electrons. The number of nitrogens with zero attached hydrogens (tertiary/aromatic N) is 2. The molecule has 14 N–H and O–H groups in total. The van der Waals surface area contributed by atoms with Crippen molar-refractivity contribution in [3.8, 4) is 0 Å². The molecule has 4 amide bonds. The van der Waals surface area contributed by atoms with Crippen molar-refractivity contribution < 1.29 is 58.8 Å². The van der Waals surface area contributed by atoms with Gasteiger partial charge in [-0.15, -0.1) is 10.2 Å². The predicted molar refractivity (Wildman–Crippen MR) is 120 cm³/mol. The van der Waals surface area contributed by atoms with E-state index >= 15 is 0 Å². The molecule has 0 aromatic heterocycles. The fraction of sp³-hybridized carbons (Fsp3) is 0.556. The lowest BCUT2D eigenvalue weighted by Gasteiger charge is -2.43. The summed E-state index contributed by atoms with van der Waals surface area (Å²) in [6.45, 7) is 0. The molecule has 0 bridgehead atoms. The minimum absolute atomic E-state index is 0.231. The molecule has 0 saturated heterocycles. The quantitative estimate of drug-likeness (QED) is 0.0596. The van der Waals surface area contributed by atoms with Gasteiger partial charge in [-0.3, -0.25) is 38.4 Å². The van der Waals surface area contributed by atoms with Crippen LogP contribution >= 0.6 is 0 Å². The Kier molecular flexibility index (Phi) is 13.8. The summed E-state index contributed by atoms with van der Waals surface area (Å²) in [6, 6.07) is -8.16. The van der Waals surface area contributed by atoms with Crippen molar-refractivity contribution in [1.29, 1.82) is 0 Å². The number of hydrazine groups is 3. The highest BCUT2D eigenvalue weighted by Gasteiger charge is 2.42. The van der Waals surface area contributed by atoms with Gasteiger partial charge < -0.3 is 43.4 Å². The van der Waals surface area contributed by atoms with Crippen LogP contribution in [-0.2, 0) is 38.4 Å². The Morgan fingerprint density at radius 1 is 0.526 bits per heavy atom. The van der Waals surface area contributed by atoms with E-state index in [9.17, 15) is 58.8 Å². The van der Waals surface area contributed by atoms with Gasteiger partial charge in [-0.1, -0.05) is 0 Å². The van der Waals surface area contributed by atoms with Crippen LogP contribution in [0.1, 0.15) is 38.5 Å². The van der Waals surface area contributed by atoms with Crippen LogP contribution in [0.5, 0.6) is 0 Å². The number of carboxylic acids is 4. The number of nitrogens with one attached hydrogen (secondary N) is 2. The van der Waals surface area contributed by atoms with Crippen molar-refractivity contribution in [2.24, 2.45) is 22.9 Å². The maximum absolute atomic E-state index is 12.1. The predicted octanol–water partition coefficient (Wildman–Crippen LogP) is -5.39. The third kappa shape index (κ3) is 12.0. The topological polar surface area (TPSA) is 352 Å². The number of primary amides is 4. The average Bonchev–Trinajstić information content (AvgIpc) is 2.75. The molecule has 0 saturated carbocycles. The number of hydrogen-bond acceptors (Lipinski definition) is 12. The highest BCUT2D eigenvalue weighted by Crippen LogP contribution is 2.16. The van der Waals surface area contributed by atoms with Gasteiger partial charge in [0, 0.05) is 12.8 Å². The third-order valence-corrected chi connectivity index (χ3v) is 4.71. The fourth-order valence-corrected chi connectivity index (χ4v) is 2.94. The molecule has 0 aliphatic rings. The van der Waals surface area contributed by atoms with E-state index in [0.29, 0.717) is 5.12 Å². The van der Waals surface area contributed by atoms with Gasteiger partial charge in [0.05, 0.1) is 12.8 Å². The number of carboxylic acid groups (broad SMARTS) is 4. The van der Waals surface area contributed by atoms with Crippen molar-refractivity contribution in [2.75, 3.05) is 0 Å². The summed E-state index contributed by atoms with van der Waals surface area (Å²) >= 11 is 0. The van der Waals surface area contributed by atoms with E-state index < -0.39 is 110 Å². The maximum atomic E-state index is 12.1. The van der Waals surface area contributed by atoms with E-state index in [1.807, 2.05) is 5.43 Å². The second kappa shape index (κ2) is 15.7. The lowest BCUT2D eigenvalue weighted by Crippen LogP contribution is -2.71. The second-order valence-electron chi connectivity index (χ2n) is 7.79. The van der Waals surface area contributed by atoms with Crippen LogP contribution in [0.4, 0.5) is 0 Å². The zero-order chi connectivity index (χ0) is 29.7. The summed E-state index contributed by atoms with van der Waals surface area (Å²) in [5.41, 5.74) is 24.4. The number of carbonyl (C=O) groups is 8. The third-order valence-electron chi connectivity index (χ3n) is 4.71. The zero-order valence-corrected chi connectivity index (χ0v) is 19.8. The molecule has 0 rings (SSSR count). The molecule has 0 aromatic rings. The maximum Gasteiger partial charge on any atom is 0.324 e. The molecule has 20 heteroatoms. The summed E-state index contributed by atoms with van der Waals surface area (Å²) in [4.78, 5) is 93.3. The minimum atomic E-state index is -2.21. The molecule has 0 spiro atoms. The molecular weight excluding hydrogens is 520 g/mol. The summed E-state index contributed by atoms with van der Waals surface area (Å²) < 4.78 is 0. The smallest absolute Gasteiger partial charge is 0.324 e. The van der Waals surface area contributed by atoms with E-state index in [2.05, 4.69) is 5.43 Å². The molecule has 0 aliphatic carbocycles. The number of hydrogen-bond donors (Lipinski definition) is 10. The Bertz CT molecular complexity index is 944. The largest absolute Gasteiger partial charge is 0.480 e. The molecule has 0 unspecified atom stereocenters. The second-order valence-corrected chi connectivity index (χ2v) is 7.79. The first-order chi connectivity index (χ1) is 17.5. The van der Waals surface area contributed by atoms with Gasteiger partial charge in [0.15, 0.2) is 0 Å². The van der Waals surface area contributed by atoms with E-state index in [0.717, 1.165) is 0 Å². The van der Waals surface area contributed by atoms with Crippen LogP contribution in [0.2, 0.25) is 0 Å². The van der Waals surface area contributed by atoms with Crippen molar-refractivity contribution in [3.05, 3.63) is 0 Å². The standard InChI is InChI=1S/C18H30N8O12/c19-11(27)3-1-7(15(31)32)23-25(9(17(35)36)2-4-12(20)28)26(10(18(37)38)6-14(22)30)24-8(16(33)34)5-13(21)29/h7-10,23-24H,1-6H2,(H2,19,27)(H2,20,28)(H2,21,29)(H2,22,30)(H,31,32)(H,33,34)(H,35,36)(H,37,38)/t7-,8-,9-,10-/m0/s1. The number of carbonyl (C=O) groups excluding carboxylic acids is 4. The molecule has 0 aliphatic heterocycles. The van der Waals surface area contributed by atoms with Crippen molar-refractivity contribution in [3.63, 3.8) is 0 Å². The van der Waals surface area contributed by atoms with Crippen molar-refractivity contribution >= 4 is 47.5 Å². The number of nitrogens with two attached hydrogens (primary N) is 4. The zero-order valence-electron chi connectivity index (χ0n) is 19.8. The SMILES string of the molecule is NC(=O)CC[C@H](NN([C@@H](CCC(N)=O)C(=O)O)N(N[C@@H](CC(N)=O)C(=O)O)[C@@H](CC(N)=O)C(=O)O)C(=O)O. The summed E-state index contributed by atoms with van der Waals surface area (Å²) in [6.07, 6.45) is -4.54. The van der Waals surface area contributed by atoms with Gasteiger partial charge in [-0.05, 0) is 12.8 Å². The van der Waals surface area contributed by atoms with E-state index in [4.69, 9.17) is 22.9 Å². The van der Waals surface area contributed by atoms with Gasteiger partial charge in [-0.25, -0.2) is 10.9 Å². The molecule has 20 nitrogen and oxygen atoms in total. The molecule has 0 radical (unpaired) electrons. The molecular formula is C18H30N8O12.